The molecule has 1 aliphatic rings. The van der Waals surface area contributed by atoms with Gasteiger partial charge in [0.25, 0.3) is 0 Å². The summed E-state index contributed by atoms with van der Waals surface area (Å²) in [5.74, 6) is -2.05. The first-order valence-corrected chi connectivity index (χ1v) is 4.80. The quantitative estimate of drug-likeness (QED) is 0.725. The monoisotopic (exact) mass is 200 g/mol. The van der Waals surface area contributed by atoms with Crippen LogP contribution in [-0.4, -0.2) is 22.2 Å². The Hall–Kier alpha value is -1.06. The third-order valence-corrected chi connectivity index (χ3v) is 3.47. The molecule has 0 unspecified atom stereocenters. The highest BCUT2D eigenvalue weighted by Gasteiger charge is 2.47. The van der Waals surface area contributed by atoms with Gasteiger partial charge >= 0.3 is 11.9 Å². The van der Waals surface area contributed by atoms with Gasteiger partial charge in [-0.25, -0.2) is 0 Å². The average Bonchev–Trinajstić information content (AvgIpc) is 2.26. The average molecular weight is 200 g/mol. The number of hydrogen-bond donors (Lipinski definition) is 2. The van der Waals surface area contributed by atoms with E-state index < -0.39 is 23.3 Å². The minimum Gasteiger partial charge on any atom is -0.481 e. The van der Waals surface area contributed by atoms with Crippen molar-refractivity contribution in [1.29, 1.82) is 0 Å². The largest absolute Gasteiger partial charge is 0.481 e. The van der Waals surface area contributed by atoms with E-state index in [1.54, 1.807) is 0 Å². The van der Waals surface area contributed by atoms with Crippen molar-refractivity contribution < 1.29 is 19.8 Å². The number of aliphatic carboxylic acids is 2. The van der Waals surface area contributed by atoms with Crippen molar-refractivity contribution in [2.75, 3.05) is 0 Å². The van der Waals surface area contributed by atoms with Gasteiger partial charge in [0.2, 0.25) is 0 Å². The fourth-order valence-corrected chi connectivity index (χ4v) is 2.41. The molecular weight excluding hydrogens is 184 g/mol. The molecule has 0 aromatic rings. The van der Waals surface area contributed by atoms with Crippen molar-refractivity contribution >= 4 is 11.9 Å². The molecule has 1 fully saturated rings. The molecule has 14 heavy (non-hydrogen) atoms. The van der Waals surface area contributed by atoms with Gasteiger partial charge in [-0.2, -0.15) is 0 Å². The smallest absolute Gasteiger partial charge is 0.307 e. The van der Waals surface area contributed by atoms with Crippen LogP contribution >= 0.6 is 0 Å². The number of hydrogen-bond acceptors (Lipinski definition) is 2. The van der Waals surface area contributed by atoms with Crippen molar-refractivity contribution in [2.24, 2.45) is 17.3 Å². The topological polar surface area (TPSA) is 74.6 Å². The van der Waals surface area contributed by atoms with Gasteiger partial charge in [0.05, 0.1) is 5.92 Å². The number of carboxylic acid groups (broad SMARTS) is 2. The number of rotatable bonds is 3. The fraction of sp³-hybridized carbons (Fsp3) is 0.800. The predicted molar refractivity (Wildman–Crippen MR) is 49.9 cm³/mol. The molecule has 80 valence electrons. The highest BCUT2D eigenvalue weighted by atomic mass is 16.4. The van der Waals surface area contributed by atoms with E-state index in [-0.39, 0.29) is 12.3 Å². The van der Waals surface area contributed by atoms with Gasteiger partial charge in [0.15, 0.2) is 0 Å². The minimum absolute atomic E-state index is 0.0129. The van der Waals surface area contributed by atoms with Crippen LogP contribution in [0.5, 0.6) is 0 Å². The Morgan fingerprint density at radius 2 is 1.86 bits per heavy atom. The van der Waals surface area contributed by atoms with Crippen LogP contribution in [-0.2, 0) is 9.59 Å². The lowest BCUT2D eigenvalue weighted by atomic mass is 9.74. The van der Waals surface area contributed by atoms with E-state index in [1.165, 1.54) is 0 Å². The fourth-order valence-electron chi connectivity index (χ4n) is 2.41. The maximum atomic E-state index is 10.9. The molecule has 0 aromatic carbocycles. The zero-order valence-corrected chi connectivity index (χ0v) is 8.49. The van der Waals surface area contributed by atoms with Gasteiger partial charge in [0, 0.05) is 6.42 Å². The minimum atomic E-state index is -0.839. The Kier molecular flexibility index (Phi) is 2.83. The summed E-state index contributed by atoms with van der Waals surface area (Å²) in [5.41, 5.74) is -0.399. The highest BCUT2D eigenvalue weighted by Crippen LogP contribution is 2.48. The van der Waals surface area contributed by atoms with Gasteiger partial charge in [-0.05, 0) is 24.2 Å². The molecule has 2 atom stereocenters. The molecule has 0 heterocycles. The maximum absolute atomic E-state index is 10.9. The SMILES string of the molecule is CC1(C)[C@H](CC(=O)O)CC[C@@H]1C(=O)O. The molecule has 1 saturated carbocycles. The Morgan fingerprint density at radius 3 is 2.21 bits per heavy atom. The number of carboxylic acids is 2. The molecular formula is C10H16O4. The molecule has 0 spiro atoms. The molecule has 2 N–H and O–H groups in total. The van der Waals surface area contributed by atoms with E-state index >= 15 is 0 Å². The lowest BCUT2D eigenvalue weighted by molar-refractivity contribution is -0.147. The van der Waals surface area contributed by atoms with E-state index in [0.29, 0.717) is 12.8 Å². The normalized spacial score (nSPS) is 30.1. The summed E-state index contributed by atoms with van der Waals surface area (Å²) < 4.78 is 0. The zero-order valence-electron chi connectivity index (χ0n) is 8.49. The van der Waals surface area contributed by atoms with Gasteiger partial charge in [-0.15, -0.1) is 0 Å². The van der Waals surface area contributed by atoms with Crippen molar-refractivity contribution in [3.05, 3.63) is 0 Å². The van der Waals surface area contributed by atoms with E-state index in [9.17, 15) is 9.59 Å². The first-order valence-electron chi connectivity index (χ1n) is 4.80. The van der Waals surface area contributed by atoms with Crippen LogP contribution in [0, 0.1) is 17.3 Å². The molecule has 0 saturated heterocycles. The molecule has 0 amide bonds. The third kappa shape index (κ3) is 1.89. The van der Waals surface area contributed by atoms with E-state index in [2.05, 4.69) is 0 Å². The second-order valence-corrected chi connectivity index (χ2v) is 4.58. The van der Waals surface area contributed by atoms with Gasteiger partial charge in [-0.3, -0.25) is 9.59 Å². The zero-order chi connectivity index (χ0) is 10.9. The molecule has 0 radical (unpaired) electrons. The summed E-state index contributed by atoms with van der Waals surface area (Å²) in [7, 11) is 0. The standard InChI is InChI=1S/C10H16O4/c1-10(2)6(5-8(11)12)3-4-7(10)9(13)14/h6-7H,3-5H2,1-2H3,(H,11,12)(H,13,14)/t6-,7+/m0/s1. The van der Waals surface area contributed by atoms with E-state index in [0.717, 1.165) is 0 Å². The Labute approximate surface area is 82.9 Å². The highest BCUT2D eigenvalue weighted by molar-refractivity contribution is 5.72. The first-order chi connectivity index (χ1) is 6.35. The van der Waals surface area contributed by atoms with Crippen molar-refractivity contribution in [3.8, 4) is 0 Å². The van der Waals surface area contributed by atoms with E-state index in [1.807, 2.05) is 13.8 Å². The predicted octanol–water partition coefficient (Wildman–Crippen LogP) is 1.60. The van der Waals surface area contributed by atoms with Crippen LogP contribution < -0.4 is 0 Å². The van der Waals surface area contributed by atoms with E-state index in [4.69, 9.17) is 10.2 Å². The van der Waals surface area contributed by atoms with Crippen LogP contribution in [0.25, 0.3) is 0 Å². The molecule has 4 heteroatoms. The second-order valence-electron chi connectivity index (χ2n) is 4.58. The van der Waals surface area contributed by atoms with Crippen molar-refractivity contribution in [1.82, 2.24) is 0 Å². The number of carbonyl (C=O) groups is 2. The summed E-state index contributed by atoms with van der Waals surface area (Å²) in [6, 6.07) is 0. The Bertz CT molecular complexity index is 257. The maximum Gasteiger partial charge on any atom is 0.307 e. The molecule has 0 bridgehead atoms. The van der Waals surface area contributed by atoms with Crippen LogP contribution in [0.4, 0.5) is 0 Å². The summed E-state index contributed by atoms with van der Waals surface area (Å²) in [6.07, 6.45) is 1.38. The summed E-state index contributed by atoms with van der Waals surface area (Å²) >= 11 is 0. The summed E-state index contributed by atoms with van der Waals surface area (Å²) in [6.45, 7) is 3.71. The van der Waals surface area contributed by atoms with Crippen LogP contribution in [0.3, 0.4) is 0 Å². The molecule has 0 aliphatic heterocycles. The molecule has 4 nitrogen and oxygen atoms in total. The van der Waals surface area contributed by atoms with Gasteiger partial charge < -0.3 is 10.2 Å². The van der Waals surface area contributed by atoms with Crippen LogP contribution in [0.2, 0.25) is 0 Å². The third-order valence-electron chi connectivity index (χ3n) is 3.47. The lowest BCUT2D eigenvalue weighted by Crippen LogP contribution is -2.31. The lowest BCUT2D eigenvalue weighted by Gasteiger charge is -2.29. The summed E-state index contributed by atoms with van der Waals surface area (Å²) in [5, 5.41) is 17.6. The van der Waals surface area contributed by atoms with Crippen LogP contribution in [0.1, 0.15) is 33.1 Å². The second kappa shape index (κ2) is 3.59. The van der Waals surface area contributed by atoms with Crippen molar-refractivity contribution in [2.45, 2.75) is 33.1 Å². The van der Waals surface area contributed by atoms with Gasteiger partial charge in [-0.1, -0.05) is 13.8 Å². The Balaban J connectivity index is 2.75. The van der Waals surface area contributed by atoms with Crippen LogP contribution in [0.15, 0.2) is 0 Å². The van der Waals surface area contributed by atoms with Gasteiger partial charge in [0.1, 0.15) is 0 Å². The molecule has 1 aliphatic carbocycles. The Morgan fingerprint density at radius 1 is 1.29 bits per heavy atom. The molecule has 1 rings (SSSR count). The molecule has 0 aromatic heterocycles. The summed E-state index contributed by atoms with van der Waals surface area (Å²) in [4.78, 5) is 21.5. The first kappa shape index (κ1) is 11.0. The van der Waals surface area contributed by atoms with Crippen molar-refractivity contribution in [3.63, 3.8) is 0 Å².